The van der Waals surface area contributed by atoms with Crippen LogP contribution in [0.1, 0.15) is 11.5 Å². The maximum absolute atomic E-state index is 11.6. The highest BCUT2D eigenvalue weighted by Crippen LogP contribution is 2.20. The summed E-state index contributed by atoms with van der Waals surface area (Å²) in [5.41, 5.74) is 1.92. The highest BCUT2D eigenvalue weighted by atomic mass is 16.3. The van der Waals surface area contributed by atoms with Gasteiger partial charge in [-0.1, -0.05) is 0 Å². The summed E-state index contributed by atoms with van der Waals surface area (Å²) in [6, 6.07) is 11.7. The van der Waals surface area contributed by atoms with Crippen molar-refractivity contribution in [1.82, 2.24) is 5.32 Å². The lowest BCUT2D eigenvalue weighted by molar-refractivity contribution is 0.252. The first-order chi connectivity index (χ1) is 9.72. The molecule has 2 N–H and O–H groups in total. The normalized spacial score (nSPS) is 14.4. The van der Waals surface area contributed by atoms with E-state index in [1.807, 2.05) is 43.3 Å². The van der Waals surface area contributed by atoms with Crippen LogP contribution in [0.5, 0.6) is 0 Å². The summed E-state index contributed by atoms with van der Waals surface area (Å²) in [7, 11) is 0. The Morgan fingerprint density at radius 1 is 1.25 bits per heavy atom. The van der Waals surface area contributed by atoms with E-state index in [1.165, 1.54) is 0 Å². The molecular formula is C15H17N3O2. The van der Waals surface area contributed by atoms with Crippen LogP contribution in [-0.4, -0.2) is 19.1 Å². The molecule has 1 aromatic carbocycles. The van der Waals surface area contributed by atoms with Gasteiger partial charge >= 0.3 is 6.03 Å². The van der Waals surface area contributed by atoms with Crippen LogP contribution < -0.4 is 15.5 Å². The van der Waals surface area contributed by atoms with Crippen molar-refractivity contribution in [2.45, 2.75) is 13.5 Å². The van der Waals surface area contributed by atoms with Crippen LogP contribution in [0.15, 0.2) is 40.8 Å². The number of amides is 2. The van der Waals surface area contributed by atoms with E-state index in [4.69, 9.17) is 4.42 Å². The van der Waals surface area contributed by atoms with Gasteiger partial charge < -0.3 is 15.1 Å². The Bertz CT molecular complexity index is 604. The topological polar surface area (TPSA) is 57.5 Å². The largest absolute Gasteiger partial charge is 0.465 e. The van der Waals surface area contributed by atoms with E-state index in [1.54, 1.807) is 4.90 Å². The zero-order chi connectivity index (χ0) is 13.9. The van der Waals surface area contributed by atoms with Crippen LogP contribution in [0, 0.1) is 6.92 Å². The number of aryl methyl sites for hydroxylation is 1. The molecule has 1 saturated heterocycles. The molecule has 0 atom stereocenters. The van der Waals surface area contributed by atoms with Gasteiger partial charge in [-0.2, -0.15) is 0 Å². The molecule has 20 heavy (non-hydrogen) atoms. The van der Waals surface area contributed by atoms with Gasteiger partial charge in [0.15, 0.2) is 0 Å². The van der Waals surface area contributed by atoms with Gasteiger partial charge in [-0.3, -0.25) is 4.90 Å². The molecule has 5 nitrogen and oxygen atoms in total. The van der Waals surface area contributed by atoms with Crippen LogP contribution in [0.25, 0.3) is 0 Å². The highest BCUT2D eigenvalue weighted by Gasteiger charge is 2.20. The molecule has 3 rings (SSSR count). The molecule has 1 fully saturated rings. The molecule has 5 heteroatoms. The number of urea groups is 1. The number of carbonyl (C=O) groups excluding carboxylic acids is 1. The zero-order valence-electron chi connectivity index (χ0n) is 11.3. The molecule has 0 bridgehead atoms. The molecular weight excluding hydrogens is 254 g/mol. The minimum Gasteiger partial charge on any atom is -0.465 e. The van der Waals surface area contributed by atoms with Crippen LogP contribution in [0.2, 0.25) is 0 Å². The summed E-state index contributed by atoms with van der Waals surface area (Å²) < 4.78 is 5.50. The Kier molecular flexibility index (Phi) is 3.33. The van der Waals surface area contributed by atoms with Gasteiger partial charge in [0.1, 0.15) is 11.5 Å². The fourth-order valence-electron chi connectivity index (χ4n) is 2.25. The van der Waals surface area contributed by atoms with Crippen LogP contribution in [0.4, 0.5) is 16.2 Å². The van der Waals surface area contributed by atoms with E-state index in [2.05, 4.69) is 10.6 Å². The Balaban J connectivity index is 1.62. The molecule has 2 heterocycles. The van der Waals surface area contributed by atoms with Gasteiger partial charge in [0.05, 0.1) is 6.54 Å². The van der Waals surface area contributed by atoms with Gasteiger partial charge in [0.2, 0.25) is 0 Å². The summed E-state index contributed by atoms with van der Waals surface area (Å²) in [6.07, 6.45) is 0. The summed E-state index contributed by atoms with van der Waals surface area (Å²) in [4.78, 5) is 13.3. The number of hydrogen-bond acceptors (Lipinski definition) is 3. The Morgan fingerprint density at radius 3 is 2.65 bits per heavy atom. The van der Waals surface area contributed by atoms with Crippen molar-refractivity contribution in [3.63, 3.8) is 0 Å². The van der Waals surface area contributed by atoms with E-state index in [0.717, 1.165) is 29.4 Å². The lowest BCUT2D eigenvalue weighted by Gasteiger charge is -2.14. The van der Waals surface area contributed by atoms with Gasteiger partial charge in [0.25, 0.3) is 0 Å². The summed E-state index contributed by atoms with van der Waals surface area (Å²) in [5, 5.41) is 6.08. The molecule has 0 radical (unpaired) electrons. The number of nitrogens with zero attached hydrogens (tertiary/aromatic N) is 1. The molecule has 1 aromatic heterocycles. The summed E-state index contributed by atoms with van der Waals surface area (Å²) >= 11 is 0. The quantitative estimate of drug-likeness (QED) is 0.899. The Morgan fingerprint density at radius 2 is 2.05 bits per heavy atom. The van der Waals surface area contributed by atoms with Crippen LogP contribution in [0.3, 0.4) is 0 Å². The third-order valence-electron chi connectivity index (χ3n) is 3.30. The van der Waals surface area contributed by atoms with Crippen molar-refractivity contribution >= 4 is 17.4 Å². The molecule has 0 saturated carbocycles. The highest BCUT2D eigenvalue weighted by molar-refractivity contribution is 5.94. The maximum atomic E-state index is 11.6. The minimum absolute atomic E-state index is 0.0308. The standard InChI is InChI=1S/C15H17N3O2/c1-11-2-7-14(20-11)10-17-12-3-5-13(6-4-12)18-9-8-16-15(18)19/h2-7,17H,8-10H2,1H3,(H,16,19). The van der Waals surface area contributed by atoms with Gasteiger partial charge in [-0.05, 0) is 43.3 Å². The Hall–Kier alpha value is -2.43. The number of benzene rings is 1. The van der Waals surface area contributed by atoms with Crippen molar-refractivity contribution < 1.29 is 9.21 Å². The van der Waals surface area contributed by atoms with E-state index in [0.29, 0.717) is 13.1 Å². The average molecular weight is 271 g/mol. The first-order valence-electron chi connectivity index (χ1n) is 6.67. The molecule has 1 aliphatic heterocycles. The van der Waals surface area contributed by atoms with E-state index in [-0.39, 0.29) is 6.03 Å². The predicted octanol–water partition coefficient (Wildman–Crippen LogP) is 2.73. The molecule has 1 aliphatic rings. The summed E-state index contributed by atoms with van der Waals surface area (Å²) in [5.74, 6) is 1.82. The van der Waals surface area contributed by atoms with Gasteiger partial charge in [-0.15, -0.1) is 0 Å². The van der Waals surface area contributed by atoms with Crippen LogP contribution in [-0.2, 0) is 6.54 Å². The molecule has 0 spiro atoms. The van der Waals surface area contributed by atoms with E-state index >= 15 is 0 Å². The van der Waals surface area contributed by atoms with Gasteiger partial charge in [-0.25, -0.2) is 4.79 Å². The van der Waals surface area contributed by atoms with Crippen LogP contribution >= 0.6 is 0 Å². The van der Waals surface area contributed by atoms with Crippen molar-refractivity contribution in [1.29, 1.82) is 0 Å². The first kappa shape index (κ1) is 12.6. The van der Waals surface area contributed by atoms with Gasteiger partial charge in [0, 0.05) is 24.5 Å². The number of furan rings is 1. The fraction of sp³-hybridized carbons (Fsp3) is 0.267. The lowest BCUT2D eigenvalue weighted by Crippen LogP contribution is -2.27. The third-order valence-corrected chi connectivity index (χ3v) is 3.30. The van der Waals surface area contributed by atoms with Crippen molar-refractivity contribution in [2.75, 3.05) is 23.3 Å². The molecule has 0 unspecified atom stereocenters. The zero-order valence-corrected chi connectivity index (χ0v) is 11.3. The molecule has 2 amide bonds. The number of anilines is 2. The molecule has 2 aromatic rings. The van der Waals surface area contributed by atoms with E-state index < -0.39 is 0 Å². The SMILES string of the molecule is Cc1ccc(CNc2ccc(N3CCNC3=O)cc2)o1. The second-order valence-electron chi connectivity index (χ2n) is 4.80. The average Bonchev–Trinajstić information content (AvgIpc) is 3.06. The first-order valence-corrected chi connectivity index (χ1v) is 6.67. The fourth-order valence-corrected chi connectivity index (χ4v) is 2.25. The minimum atomic E-state index is -0.0308. The van der Waals surface area contributed by atoms with Crippen molar-refractivity contribution in [3.8, 4) is 0 Å². The predicted molar refractivity (Wildman–Crippen MR) is 78.0 cm³/mol. The number of nitrogens with one attached hydrogen (secondary N) is 2. The smallest absolute Gasteiger partial charge is 0.321 e. The number of rotatable bonds is 4. The second kappa shape index (κ2) is 5.28. The molecule has 104 valence electrons. The van der Waals surface area contributed by atoms with E-state index in [9.17, 15) is 4.79 Å². The molecule has 0 aliphatic carbocycles. The van der Waals surface area contributed by atoms with Crippen molar-refractivity contribution in [3.05, 3.63) is 47.9 Å². The number of hydrogen-bond donors (Lipinski definition) is 2. The Labute approximate surface area is 117 Å². The maximum Gasteiger partial charge on any atom is 0.321 e. The summed E-state index contributed by atoms with van der Waals surface area (Å²) in [6.45, 7) is 4.00. The van der Waals surface area contributed by atoms with Crippen molar-refractivity contribution in [2.24, 2.45) is 0 Å². The monoisotopic (exact) mass is 271 g/mol. The lowest BCUT2D eigenvalue weighted by atomic mass is 10.2. The number of carbonyl (C=O) groups is 1. The third kappa shape index (κ3) is 2.61. The second-order valence-corrected chi connectivity index (χ2v) is 4.80.